The van der Waals surface area contributed by atoms with Crippen LogP contribution < -0.4 is 10.6 Å². The second-order valence-electron chi connectivity index (χ2n) is 4.36. The lowest BCUT2D eigenvalue weighted by molar-refractivity contribution is 0.102. The number of hydrogen-bond acceptors (Lipinski definition) is 2. The topological polar surface area (TPSA) is 41.1 Å². The van der Waals surface area contributed by atoms with Gasteiger partial charge in [0.2, 0.25) is 0 Å². The second kappa shape index (κ2) is 6.05. The Hall–Kier alpha value is -1.88. The number of halogens is 2. The number of aryl methyl sites for hydroxylation is 1. The van der Waals surface area contributed by atoms with E-state index in [1.165, 1.54) is 18.2 Å². The normalized spacial score (nSPS) is 10.2. The summed E-state index contributed by atoms with van der Waals surface area (Å²) in [5.74, 6) is -0.591. The summed E-state index contributed by atoms with van der Waals surface area (Å²) in [5, 5.41) is 5.79. The van der Waals surface area contributed by atoms with Gasteiger partial charge in [-0.2, -0.15) is 0 Å². The lowest BCUT2D eigenvalue weighted by Crippen LogP contribution is -2.12. The predicted molar refractivity (Wildman–Crippen MR) is 82.8 cm³/mol. The largest absolute Gasteiger partial charge is 0.388 e. The zero-order valence-electron chi connectivity index (χ0n) is 11.1. The molecule has 5 heteroatoms. The SMILES string of the molecule is CNc1ccc(C(=O)Nc2ccc(F)cc2Br)cc1C. The number of nitrogens with one attached hydrogen (secondary N) is 2. The first kappa shape index (κ1) is 14.5. The van der Waals surface area contributed by atoms with Crippen molar-refractivity contribution in [2.24, 2.45) is 0 Å². The number of carbonyl (C=O) groups excluding carboxylic acids is 1. The maximum Gasteiger partial charge on any atom is 0.255 e. The molecule has 2 aromatic carbocycles. The van der Waals surface area contributed by atoms with Gasteiger partial charge in [-0.25, -0.2) is 4.39 Å². The van der Waals surface area contributed by atoms with Crippen LogP contribution in [0.4, 0.5) is 15.8 Å². The van der Waals surface area contributed by atoms with Crippen molar-refractivity contribution in [2.75, 3.05) is 17.7 Å². The quantitative estimate of drug-likeness (QED) is 0.882. The van der Waals surface area contributed by atoms with E-state index in [0.29, 0.717) is 15.7 Å². The molecule has 0 aliphatic rings. The Morgan fingerprint density at radius 1 is 1.15 bits per heavy atom. The summed E-state index contributed by atoms with van der Waals surface area (Å²) in [6.07, 6.45) is 0. The third-order valence-corrected chi connectivity index (χ3v) is 3.59. The molecule has 2 N–H and O–H groups in total. The predicted octanol–water partition coefficient (Wildman–Crippen LogP) is 4.19. The highest BCUT2D eigenvalue weighted by Gasteiger charge is 2.10. The van der Waals surface area contributed by atoms with Gasteiger partial charge in [-0.1, -0.05) is 0 Å². The Morgan fingerprint density at radius 3 is 2.45 bits per heavy atom. The minimum absolute atomic E-state index is 0.233. The molecule has 0 unspecified atom stereocenters. The highest BCUT2D eigenvalue weighted by atomic mass is 79.9. The van der Waals surface area contributed by atoms with Gasteiger partial charge < -0.3 is 10.6 Å². The average molecular weight is 337 g/mol. The Bertz CT molecular complexity index is 658. The molecule has 0 aliphatic heterocycles. The fourth-order valence-corrected chi connectivity index (χ4v) is 2.32. The molecule has 2 aromatic rings. The van der Waals surface area contributed by atoms with Crippen molar-refractivity contribution in [3.8, 4) is 0 Å². The molecule has 3 nitrogen and oxygen atoms in total. The first-order chi connectivity index (χ1) is 9.51. The van der Waals surface area contributed by atoms with Crippen LogP contribution in [0.5, 0.6) is 0 Å². The zero-order chi connectivity index (χ0) is 14.7. The summed E-state index contributed by atoms with van der Waals surface area (Å²) < 4.78 is 13.5. The molecule has 0 fully saturated rings. The fraction of sp³-hybridized carbons (Fsp3) is 0.133. The lowest BCUT2D eigenvalue weighted by Gasteiger charge is -2.10. The standard InChI is InChI=1S/C15H14BrFN2O/c1-9-7-10(3-5-13(9)18-2)15(20)19-14-6-4-11(17)8-12(14)16/h3-8,18H,1-2H3,(H,19,20). The van der Waals surface area contributed by atoms with Crippen molar-refractivity contribution in [1.82, 2.24) is 0 Å². The molecule has 104 valence electrons. The van der Waals surface area contributed by atoms with Gasteiger partial charge in [-0.15, -0.1) is 0 Å². The fourth-order valence-electron chi connectivity index (χ4n) is 1.87. The maximum absolute atomic E-state index is 13.0. The van der Waals surface area contributed by atoms with E-state index in [0.717, 1.165) is 11.3 Å². The molecule has 0 bridgehead atoms. The van der Waals surface area contributed by atoms with Gasteiger partial charge in [-0.3, -0.25) is 4.79 Å². The van der Waals surface area contributed by atoms with E-state index >= 15 is 0 Å². The first-order valence-electron chi connectivity index (χ1n) is 6.06. The van der Waals surface area contributed by atoms with Gasteiger partial charge in [0.25, 0.3) is 5.91 Å². The van der Waals surface area contributed by atoms with Gasteiger partial charge in [0.05, 0.1) is 5.69 Å². The van der Waals surface area contributed by atoms with Crippen LogP contribution in [0.25, 0.3) is 0 Å². The second-order valence-corrected chi connectivity index (χ2v) is 5.21. The molecule has 2 rings (SSSR count). The molecule has 0 saturated carbocycles. The molecule has 0 spiro atoms. The lowest BCUT2D eigenvalue weighted by atomic mass is 10.1. The summed E-state index contributed by atoms with van der Waals surface area (Å²) in [4.78, 5) is 12.2. The van der Waals surface area contributed by atoms with Crippen LogP contribution in [0.15, 0.2) is 40.9 Å². The minimum atomic E-state index is -0.357. The number of amides is 1. The zero-order valence-corrected chi connectivity index (χ0v) is 12.7. The monoisotopic (exact) mass is 336 g/mol. The highest BCUT2D eigenvalue weighted by molar-refractivity contribution is 9.10. The van der Waals surface area contributed by atoms with E-state index in [2.05, 4.69) is 26.6 Å². The minimum Gasteiger partial charge on any atom is -0.388 e. The molecular weight excluding hydrogens is 323 g/mol. The highest BCUT2D eigenvalue weighted by Crippen LogP contribution is 2.24. The Balaban J connectivity index is 2.21. The van der Waals surface area contributed by atoms with Crippen LogP contribution >= 0.6 is 15.9 Å². The smallest absolute Gasteiger partial charge is 0.255 e. The number of rotatable bonds is 3. The van der Waals surface area contributed by atoms with Crippen molar-refractivity contribution < 1.29 is 9.18 Å². The molecule has 0 atom stereocenters. The molecule has 0 heterocycles. The number of benzene rings is 2. The van der Waals surface area contributed by atoms with Crippen molar-refractivity contribution in [1.29, 1.82) is 0 Å². The molecule has 0 aromatic heterocycles. The average Bonchev–Trinajstić information content (AvgIpc) is 2.41. The Morgan fingerprint density at radius 2 is 1.85 bits per heavy atom. The van der Waals surface area contributed by atoms with Gasteiger partial charge in [0.1, 0.15) is 5.82 Å². The van der Waals surface area contributed by atoms with Crippen LogP contribution in [-0.2, 0) is 0 Å². The summed E-state index contributed by atoms with van der Waals surface area (Å²) in [6, 6.07) is 9.53. The van der Waals surface area contributed by atoms with Crippen molar-refractivity contribution in [3.63, 3.8) is 0 Å². The van der Waals surface area contributed by atoms with E-state index in [-0.39, 0.29) is 11.7 Å². The van der Waals surface area contributed by atoms with E-state index in [1.54, 1.807) is 12.1 Å². The van der Waals surface area contributed by atoms with E-state index in [9.17, 15) is 9.18 Å². The third kappa shape index (κ3) is 3.17. The van der Waals surface area contributed by atoms with Crippen molar-refractivity contribution >= 4 is 33.2 Å². The number of carbonyl (C=O) groups is 1. The van der Waals surface area contributed by atoms with Gasteiger partial charge in [0, 0.05) is 22.8 Å². The molecule has 0 aliphatic carbocycles. The number of anilines is 2. The van der Waals surface area contributed by atoms with Gasteiger partial charge >= 0.3 is 0 Å². The Labute approximate surface area is 125 Å². The van der Waals surface area contributed by atoms with E-state index in [4.69, 9.17) is 0 Å². The first-order valence-corrected chi connectivity index (χ1v) is 6.85. The maximum atomic E-state index is 13.0. The molecular formula is C15H14BrFN2O. The van der Waals surface area contributed by atoms with Crippen molar-refractivity contribution in [3.05, 3.63) is 57.8 Å². The molecule has 1 amide bonds. The Kier molecular flexibility index (Phi) is 4.39. The van der Waals surface area contributed by atoms with Gasteiger partial charge in [0.15, 0.2) is 0 Å². The van der Waals surface area contributed by atoms with Crippen LogP contribution in [-0.4, -0.2) is 13.0 Å². The van der Waals surface area contributed by atoms with Gasteiger partial charge in [-0.05, 0) is 64.8 Å². The molecule has 0 radical (unpaired) electrons. The van der Waals surface area contributed by atoms with Crippen LogP contribution in [0.1, 0.15) is 15.9 Å². The summed E-state index contributed by atoms with van der Waals surface area (Å²) >= 11 is 3.22. The molecule has 0 saturated heterocycles. The van der Waals surface area contributed by atoms with Crippen LogP contribution in [0.3, 0.4) is 0 Å². The molecule has 20 heavy (non-hydrogen) atoms. The third-order valence-electron chi connectivity index (χ3n) is 2.94. The summed E-state index contributed by atoms with van der Waals surface area (Å²) in [6.45, 7) is 1.93. The summed E-state index contributed by atoms with van der Waals surface area (Å²) in [5.41, 5.74) is 3.05. The summed E-state index contributed by atoms with van der Waals surface area (Å²) in [7, 11) is 1.83. The van der Waals surface area contributed by atoms with Crippen molar-refractivity contribution in [2.45, 2.75) is 6.92 Å². The van der Waals surface area contributed by atoms with E-state index < -0.39 is 0 Å². The van der Waals surface area contributed by atoms with E-state index in [1.807, 2.05) is 20.0 Å². The van der Waals surface area contributed by atoms with Crippen LogP contribution in [0, 0.1) is 12.7 Å². The number of hydrogen-bond donors (Lipinski definition) is 2. The van der Waals surface area contributed by atoms with Crippen LogP contribution in [0.2, 0.25) is 0 Å².